The number of nitrogens with one attached hydrogen (secondary N) is 1. The molecule has 3 nitrogen and oxygen atoms in total. The molecule has 0 saturated heterocycles. The van der Waals surface area contributed by atoms with Crippen LogP contribution >= 0.6 is 0 Å². The predicted octanol–water partition coefficient (Wildman–Crippen LogP) is 2.93. The van der Waals surface area contributed by atoms with E-state index in [1.165, 1.54) is 5.56 Å². The van der Waals surface area contributed by atoms with Crippen LogP contribution in [0.25, 0.3) is 22.2 Å². The maximum Gasteiger partial charge on any atom is 0.101 e. The molecule has 0 unspecified atom stereocenters. The van der Waals surface area contributed by atoms with E-state index in [-0.39, 0.29) is 0 Å². The summed E-state index contributed by atoms with van der Waals surface area (Å²) in [6, 6.07) is 10.3. The number of rotatable bonds is 1. The summed E-state index contributed by atoms with van der Waals surface area (Å²) in [6.07, 6.45) is 3.60. The minimum atomic E-state index is 0.961. The first-order valence-electron chi connectivity index (χ1n) is 5.20. The van der Waals surface area contributed by atoms with Crippen LogP contribution in [0.5, 0.6) is 0 Å². The minimum absolute atomic E-state index is 0.961. The Labute approximate surface area is 93.2 Å². The van der Waals surface area contributed by atoms with Gasteiger partial charge in [-0.3, -0.25) is 10.1 Å². The van der Waals surface area contributed by atoms with Crippen molar-refractivity contribution in [2.45, 2.75) is 6.92 Å². The largest absolute Gasteiger partial charge is 0.277 e. The molecule has 3 rings (SSSR count). The molecule has 0 aliphatic heterocycles. The molecule has 0 amide bonds. The molecule has 2 aromatic heterocycles. The van der Waals surface area contributed by atoms with Crippen molar-refractivity contribution in [1.29, 1.82) is 0 Å². The number of fused-ring (bicyclic) bond motifs is 1. The first-order chi connectivity index (χ1) is 7.84. The highest BCUT2D eigenvalue weighted by Gasteiger charge is 2.06. The van der Waals surface area contributed by atoms with E-state index in [9.17, 15) is 0 Å². The van der Waals surface area contributed by atoms with E-state index in [4.69, 9.17) is 0 Å². The molecule has 0 fully saturated rings. The lowest BCUT2D eigenvalue weighted by atomic mass is 10.1. The fourth-order valence-electron chi connectivity index (χ4n) is 1.79. The Bertz CT molecular complexity index is 623. The highest BCUT2D eigenvalue weighted by atomic mass is 15.1. The third-order valence-corrected chi connectivity index (χ3v) is 2.69. The Morgan fingerprint density at radius 3 is 2.69 bits per heavy atom. The summed E-state index contributed by atoms with van der Waals surface area (Å²) in [4.78, 5) is 4.13. The molecule has 1 aromatic carbocycles. The first-order valence-corrected chi connectivity index (χ1v) is 5.20. The summed E-state index contributed by atoms with van der Waals surface area (Å²) in [5.74, 6) is 0. The van der Waals surface area contributed by atoms with Crippen molar-refractivity contribution >= 4 is 10.9 Å². The predicted molar refractivity (Wildman–Crippen MR) is 64.1 cm³/mol. The Morgan fingerprint density at radius 1 is 1.06 bits per heavy atom. The lowest BCUT2D eigenvalue weighted by molar-refractivity contribution is 1.12. The van der Waals surface area contributed by atoms with Crippen molar-refractivity contribution in [2.24, 2.45) is 0 Å². The SMILES string of the molecule is Cc1ccc(-c2n[nH]c3ccncc23)cc1. The van der Waals surface area contributed by atoms with E-state index in [0.717, 1.165) is 22.2 Å². The smallest absolute Gasteiger partial charge is 0.101 e. The van der Waals surface area contributed by atoms with Crippen molar-refractivity contribution < 1.29 is 0 Å². The quantitative estimate of drug-likeness (QED) is 0.669. The van der Waals surface area contributed by atoms with E-state index in [1.807, 2.05) is 12.3 Å². The third-order valence-electron chi connectivity index (χ3n) is 2.69. The number of H-pyrrole nitrogens is 1. The zero-order valence-corrected chi connectivity index (χ0v) is 8.94. The summed E-state index contributed by atoms with van der Waals surface area (Å²) < 4.78 is 0. The normalized spacial score (nSPS) is 10.8. The Hall–Kier alpha value is -2.16. The van der Waals surface area contributed by atoms with Gasteiger partial charge in [0.15, 0.2) is 0 Å². The van der Waals surface area contributed by atoms with E-state index in [1.54, 1.807) is 6.20 Å². The van der Waals surface area contributed by atoms with Crippen LogP contribution in [0.2, 0.25) is 0 Å². The molecule has 2 heterocycles. The topological polar surface area (TPSA) is 41.6 Å². The summed E-state index contributed by atoms with van der Waals surface area (Å²) >= 11 is 0. The van der Waals surface area contributed by atoms with Crippen molar-refractivity contribution in [1.82, 2.24) is 15.2 Å². The van der Waals surface area contributed by atoms with E-state index in [2.05, 4.69) is 46.4 Å². The zero-order chi connectivity index (χ0) is 11.0. The summed E-state index contributed by atoms with van der Waals surface area (Å²) in [6.45, 7) is 2.08. The van der Waals surface area contributed by atoms with Gasteiger partial charge in [0.2, 0.25) is 0 Å². The molecule has 0 spiro atoms. The van der Waals surface area contributed by atoms with Gasteiger partial charge in [0, 0.05) is 23.3 Å². The van der Waals surface area contributed by atoms with Crippen LogP contribution in [-0.2, 0) is 0 Å². The number of aryl methyl sites for hydroxylation is 1. The number of hydrogen-bond acceptors (Lipinski definition) is 2. The van der Waals surface area contributed by atoms with Gasteiger partial charge in [0.1, 0.15) is 5.69 Å². The number of aromatic nitrogens is 3. The fraction of sp³-hybridized carbons (Fsp3) is 0.0769. The maximum atomic E-state index is 4.33. The molecule has 0 saturated carbocycles. The number of benzene rings is 1. The van der Waals surface area contributed by atoms with Crippen molar-refractivity contribution in [3.05, 3.63) is 48.3 Å². The fourth-order valence-corrected chi connectivity index (χ4v) is 1.79. The highest BCUT2D eigenvalue weighted by Crippen LogP contribution is 2.25. The molecule has 0 bridgehead atoms. The lowest BCUT2D eigenvalue weighted by Crippen LogP contribution is -1.79. The molecule has 0 aliphatic rings. The van der Waals surface area contributed by atoms with Crippen molar-refractivity contribution in [3.8, 4) is 11.3 Å². The van der Waals surface area contributed by atoms with Crippen LogP contribution in [0.15, 0.2) is 42.7 Å². The molecular weight excluding hydrogens is 198 g/mol. The van der Waals surface area contributed by atoms with Crippen LogP contribution in [0.4, 0.5) is 0 Å². The van der Waals surface area contributed by atoms with E-state index >= 15 is 0 Å². The number of aromatic amines is 1. The van der Waals surface area contributed by atoms with E-state index in [0.29, 0.717) is 0 Å². The Balaban J connectivity index is 2.22. The average Bonchev–Trinajstić information content (AvgIpc) is 2.74. The second-order valence-corrected chi connectivity index (χ2v) is 3.86. The van der Waals surface area contributed by atoms with Crippen molar-refractivity contribution in [2.75, 3.05) is 0 Å². The van der Waals surface area contributed by atoms with Gasteiger partial charge in [-0.2, -0.15) is 5.10 Å². The average molecular weight is 209 g/mol. The molecule has 0 radical (unpaired) electrons. The van der Waals surface area contributed by atoms with Gasteiger partial charge >= 0.3 is 0 Å². The highest BCUT2D eigenvalue weighted by molar-refractivity contribution is 5.91. The van der Waals surface area contributed by atoms with Gasteiger partial charge in [-0.15, -0.1) is 0 Å². The number of hydrogen-bond donors (Lipinski definition) is 1. The van der Waals surface area contributed by atoms with Crippen molar-refractivity contribution in [3.63, 3.8) is 0 Å². The standard InChI is InChI=1S/C13H11N3/c1-9-2-4-10(5-3-9)13-11-8-14-7-6-12(11)15-16-13/h2-8H,1H3,(H,15,16). The number of pyridine rings is 1. The van der Waals surface area contributed by atoms with Crippen LogP contribution in [-0.4, -0.2) is 15.2 Å². The Morgan fingerprint density at radius 2 is 1.88 bits per heavy atom. The summed E-state index contributed by atoms with van der Waals surface area (Å²) in [7, 11) is 0. The maximum absolute atomic E-state index is 4.33. The molecule has 0 atom stereocenters. The monoisotopic (exact) mass is 209 g/mol. The Kier molecular flexibility index (Phi) is 1.96. The van der Waals surface area contributed by atoms with Crippen LogP contribution in [0.1, 0.15) is 5.56 Å². The lowest BCUT2D eigenvalue weighted by Gasteiger charge is -1.98. The van der Waals surface area contributed by atoms with Gasteiger partial charge in [0.25, 0.3) is 0 Å². The zero-order valence-electron chi connectivity index (χ0n) is 8.94. The minimum Gasteiger partial charge on any atom is -0.277 e. The van der Waals surface area contributed by atoms with Gasteiger partial charge in [-0.1, -0.05) is 29.8 Å². The molecule has 0 aliphatic carbocycles. The number of nitrogens with zero attached hydrogens (tertiary/aromatic N) is 2. The van der Waals surface area contributed by atoms with Gasteiger partial charge in [0.05, 0.1) is 5.52 Å². The van der Waals surface area contributed by atoms with Gasteiger partial charge in [-0.05, 0) is 13.0 Å². The van der Waals surface area contributed by atoms with Crippen LogP contribution in [0, 0.1) is 6.92 Å². The van der Waals surface area contributed by atoms with Gasteiger partial charge < -0.3 is 0 Å². The molecule has 16 heavy (non-hydrogen) atoms. The summed E-state index contributed by atoms with van der Waals surface area (Å²) in [5.41, 5.74) is 4.35. The molecule has 3 aromatic rings. The third kappa shape index (κ3) is 1.37. The first kappa shape index (κ1) is 9.09. The van der Waals surface area contributed by atoms with E-state index < -0.39 is 0 Å². The molecular formula is C13H11N3. The van der Waals surface area contributed by atoms with Crippen LogP contribution in [0.3, 0.4) is 0 Å². The molecule has 3 heteroatoms. The summed E-state index contributed by atoms with van der Waals surface area (Å²) in [5, 5.41) is 8.40. The van der Waals surface area contributed by atoms with Crippen LogP contribution < -0.4 is 0 Å². The second kappa shape index (κ2) is 3.45. The second-order valence-electron chi connectivity index (χ2n) is 3.86. The van der Waals surface area contributed by atoms with Gasteiger partial charge in [-0.25, -0.2) is 0 Å². The molecule has 1 N–H and O–H groups in total. The molecule has 78 valence electrons.